The third kappa shape index (κ3) is 3.58. The van der Waals surface area contributed by atoms with Gasteiger partial charge in [0.2, 0.25) is 5.91 Å². The summed E-state index contributed by atoms with van der Waals surface area (Å²) in [6.45, 7) is 5.58. The number of hydrogen-bond donors (Lipinski definition) is 2. The number of nitrogens with zero attached hydrogens (tertiary/aromatic N) is 1. The van der Waals surface area contributed by atoms with Crippen molar-refractivity contribution in [3.63, 3.8) is 0 Å². The number of amides is 1. The van der Waals surface area contributed by atoms with Crippen LogP contribution in [0.2, 0.25) is 0 Å². The normalized spacial score (nSPS) is 11.9. The Morgan fingerprint density at radius 2 is 2.11 bits per heavy atom. The molecule has 0 unspecified atom stereocenters. The molecule has 0 saturated carbocycles. The average Bonchev–Trinajstić information content (AvgIpc) is 2.74. The standard InChI is InChI=1S/C14H17N3O2/c1-9-5-4-6-12(7-9)15-11(3)14(18)16-13-8-10(2)19-17-13/h4-8,11,15H,1-3H3,(H,16,17,18)/t11-/m1/s1. The molecule has 0 fully saturated rings. The van der Waals surface area contributed by atoms with E-state index in [1.807, 2.05) is 31.2 Å². The van der Waals surface area contributed by atoms with Gasteiger partial charge in [0.25, 0.3) is 0 Å². The predicted octanol–water partition coefficient (Wildman–Crippen LogP) is 2.73. The molecular weight excluding hydrogens is 242 g/mol. The molecule has 0 aliphatic heterocycles. The lowest BCUT2D eigenvalue weighted by molar-refractivity contribution is -0.116. The number of carbonyl (C=O) groups is 1. The number of hydrogen-bond acceptors (Lipinski definition) is 4. The monoisotopic (exact) mass is 259 g/mol. The van der Waals surface area contributed by atoms with Crippen molar-refractivity contribution in [3.8, 4) is 0 Å². The van der Waals surface area contributed by atoms with Crippen molar-refractivity contribution in [2.75, 3.05) is 10.6 Å². The van der Waals surface area contributed by atoms with Crippen LogP contribution in [0, 0.1) is 13.8 Å². The zero-order valence-corrected chi connectivity index (χ0v) is 11.2. The molecule has 1 aromatic carbocycles. The third-order valence-corrected chi connectivity index (χ3v) is 2.67. The Morgan fingerprint density at radius 3 is 2.74 bits per heavy atom. The summed E-state index contributed by atoms with van der Waals surface area (Å²) in [5.41, 5.74) is 2.06. The number of rotatable bonds is 4. The van der Waals surface area contributed by atoms with Gasteiger partial charge in [-0.25, -0.2) is 0 Å². The van der Waals surface area contributed by atoms with E-state index in [4.69, 9.17) is 4.52 Å². The molecule has 2 rings (SSSR count). The molecule has 2 aromatic rings. The molecule has 1 heterocycles. The molecule has 1 aromatic heterocycles. The SMILES string of the molecule is Cc1cccc(N[C@H](C)C(=O)Nc2cc(C)on2)c1. The van der Waals surface area contributed by atoms with Crippen molar-refractivity contribution in [1.82, 2.24) is 5.16 Å². The van der Waals surface area contributed by atoms with Crippen LogP contribution in [-0.4, -0.2) is 17.1 Å². The Hall–Kier alpha value is -2.30. The Bertz CT molecular complexity index is 578. The number of aryl methyl sites for hydroxylation is 2. The molecule has 1 atom stereocenters. The molecule has 2 N–H and O–H groups in total. The van der Waals surface area contributed by atoms with Gasteiger partial charge in [-0.3, -0.25) is 4.79 Å². The maximum absolute atomic E-state index is 12.0. The van der Waals surface area contributed by atoms with Gasteiger partial charge in [0.1, 0.15) is 11.8 Å². The molecule has 0 radical (unpaired) electrons. The zero-order valence-electron chi connectivity index (χ0n) is 11.2. The first-order chi connectivity index (χ1) is 9.04. The van der Waals surface area contributed by atoms with E-state index in [1.165, 1.54) is 0 Å². The number of benzene rings is 1. The van der Waals surface area contributed by atoms with Crippen LogP contribution in [0.4, 0.5) is 11.5 Å². The van der Waals surface area contributed by atoms with Gasteiger partial charge in [-0.1, -0.05) is 17.3 Å². The van der Waals surface area contributed by atoms with Crippen LogP contribution >= 0.6 is 0 Å². The van der Waals surface area contributed by atoms with Crippen molar-refractivity contribution in [1.29, 1.82) is 0 Å². The first kappa shape index (κ1) is 13.1. The first-order valence-electron chi connectivity index (χ1n) is 6.12. The summed E-state index contributed by atoms with van der Waals surface area (Å²) >= 11 is 0. The van der Waals surface area contributed by atoms with Crippen LogP contribution in [0.15, 0.2) is 34.9 Å². The average molecular weight is 259 g/mol. The Balaban J connectivity index is 1.96. The van der Waals surface area contributed by atoms with Crippen molar-refractivity contribution in [2.45, 2.75) is 26.8 Å². The van der Waals surface area contributed by atoms with Gasteiger partial charge in [-0.2, -0.15) is 0 Å². The molecule has 0 bridgehead atoms. The summed E-state index contributed by atoms with van der Waals surface area (Å²) < 4.78 is 4.89. The number of aromatic nitrogens is 1. The molecule has 0 aliphatic rings. The second-order valence-corrected chi connectivity index (χ2v) is 4.55. The number of carbonyl (C=O) groups excluding carboxylic acids is 1. The molecule has 100 valence electrons. The maximum atomic E-state index is 12.0. The lowest BCUT2D eigenvalue weighted by Gasteiger charge is -2.14. The number of nitrogens with one attached hydrogen (secondary N) is 2. The maximum Gasteiger partial charge on any atom is 0.247 e. The summed E-state index contributed by atoms with van der Waals surface area (Å²) in [6.07, 6.45) is 0. The minimum Gasteiger partial charge on any atom is -0.374 e. The van der Waals surface area contributed by atoms with Gasteiger partial charge in [0, 0.05) is 11.8 Å². The lowest BCUT2D eigenvalue weighted by Crippen LogP contribution is -2.31. The van der Waals surface area contributed by atoms with Crippen LogP contribution < -0.4 is 10.6 Å². The van der Waals surface area contributed by atoms with Crippen molar-refractivity contribution in [2.24, 2.45) is 0 Å². The van der Waals surface area contributed by atoms with E-state index in [0.717, 1.165) is 11.3 Å². The summed E-state index contributed by atoms with van der Waals surface area (Å²) in [6, 6.07) is 9.19. The topological polar surface area (TPSA) is 67.2 Å². The van der Waals surface area contributed by atoms with Gasteiger partial charge < -0.3 is 15.2 Å². The van der Waals surface area contributed by atoms with Crippen LogP contribution in [-0.2, 0) is 4.79 Å². The lowest BCUT2D eigenvalue weighted by atomic mass is 10.2. The highest BCUT2D eigenvalue weighted by molar-refractivity contribution is 5.95. The van der Waals surface area contributed by atoms with E-state index in [0.29, 0.717) is 11.6 Å². The van der Waals surface area contributed by atoms with E-state index >= 15 is 0 Å². The summed E-state index contributed by atoms with van der Waals surface area (Å²) in [4.78, 5) is 12.0. The molecule has 0 spiro atoms. The highest BCUT2D eigenvalue weighted by atomic mass is 16.5. The molecule has 19 heavy (non-hydrogen) atoms. The van der Waals surface area contributed by atoms with E-state index in [-0.39, 0.29) is 11.9 Å². The van der Waals surface area contributed by atoms with E-state index in [1.54, 1.807) is 19.9 Å². The third-order valence-electron chi connectivity index (χ3n) is 2.67. The molecule has 1 amide bonds. The van der Waals surface area contributed by atoms with Crippen molar-refractivity contribution < 1.29 is 9.32 Å². The quantitative estimate of drug-likeness (QED) is 0.886. The van der Waals surface area contributed by atoms with Crippen LogP contribution in [0.3, 0.4) is 0 Å². The second-order valence-electron chi connectivity index (χ2n) is 4.55. The van der Waals surface area contributed by atoms with Gasteiger partial charge in [0.15, 0.2) is 5.82 Å². The highest BCUT2D eigenvalue weighted by Gasteiger charge is 2.14. The van der Waals surface area contributed by atoms with E-state index in [9.17, 15) is 4.79 Å². The summed E-state index contributed by atoms with van der Waals surface area (Å²) in [5, 5.41) is 9.55. The van der Waals surface area contributed by atoms with Gasteiger partial charge in [-0.15, -0.1) is 0 Å². The molecular formula is C14H17N3O2. The fourth-order valence-electron chi connectivity index (χ4n) is 1.71. The molecule has 5 nitrogen and oxygen atoms in total. The fourth-order valence-corrected chi connectivity index (χ4v) is 1.71. The van der Waals surface area contributed by atoms with Crippen LogP contribution in [0.5, 0.6) is 0 Å². The smallest absolute Gasteiger partial charge is 0.247 e. The Kier molecular flexibility index (Phi) is 3.85. The predicted molar refractivity (Wildman–Crippen MR) is 74.1 cm³/mol. The molecule has 5 heteroatoms. The van der Waals surface area contributed by atoms with E-state index in [2.05, 4.69) is 15.8 Å². The molecule has 0 aliphatic carbocycles. The summed E-state index contributed by atoms with van der Waals surface area (Å²) in [5.74, 6) is 0.935. The van der Waals surface area contributed by atoms with Crippen LogP contribution in [0.1, 0.15) is 18.2 Å². The van der Waals surface area contributed by atoms with Gasteiger partial charge >= 0.3 is 0 Å². The van der Waals surface area contributed by atoms with Crippen molar-refractivity contribution >= 4 is 17.4 Å². The van der Waals surface area contributed by atoms with Gasteiger partial charge in [0.05, 0.1) is 0 Å². The van der Waals surface area contributed by atoms with Crippen LogP contribution in [0.25, 0.3) is 0 Å². The minimum absolute atomic E-state index is 0.158. The first-order valence-corrected chi connectivity index (χ1v) is 6.12. The Labute approximate surface area is 112 Å². The van der Waals surface area contributed by atoms with E-state index < -0.39 is 0 Å². The number of anilines is 2. The fraction of sp³-hybridized carbons (Fsp3) is 0.286. The van der Waals surface area contributed by atoms with Crippen molar-refractivity contribution in [3.05, 3.63) is 41.7 Å². The summed E-state index contributed by atoms with van der Waals surface area (Å²) in [7, 11) is 0. The highest BCUT2D eigenvalue weighted by Crippen LogP contribution is 2.12. The second kappa shape index (κ2) is 5.56. The van der Waals surface area contributed by atoms with Gasteiger partial charge in [-0.05, 0) is 38.5 Å². The Morgan fingerprint density at radius 1 is 1.32 bits per heavy atom. The molecule has 0 saturated heterocycles. The largest absolute Gasteiger partial charge is 0.374 e. The zero-order chi connectivity index (χ0) is 13.8. The minimum atomic E-state index is -0.362.